The Kier molecular flexibility index (Phi) is 11.0. The van der Waals surface area contributed by atoms with Gasteiger partial charge in [-0.05, 0) is 33.6 Å². The number of nitrogens with two attached hydrogens (primary N) is 1. The molecule has 25 heavy (non-hydrogen) atoms. The van der Waals surface area contributed by atoms with Crippen molar-refractivity contribution in [2.24, 2.45) is 16.1 Å². The van der Waals surface area contributed by atoms with Gasteiger partial charge in [0.05, 0.1) is 18.5 Å². The maximum absolute atomic E-state index is 11.9. The predicted octanol–water partition coefficient (Wildman–Crippen LogP) is -0.119. The molecule has 146 valence electrons. The highest BCUT2D eigenvalue weighted by molar-refractivity contribution is 14.0. The zero-order valence-corrected chi connectivity index (χ0v) is 18.1. The smallest absolute Gasteiger partial charge is 0.231 e. The van der Waals surface area contributed by atoms with Crippen molar-refractivity contribution < 1.29 is 9.59 Å². The third-order valence-corrected chi connectivity index (χ3v) is 4.13. The molecule has 0 aromatic carbocycles. The Hall–Kier alpha value is -1.10. The molecule has 0 spiro atoms. The number of amides is 2. The first-order chi connectivity index (χ1) is 11.3. The summed E-state index contributed by atoms with van der Waals surface area (Å²) in [5.41, 5.74) is 4.68. The number of primary amides is 1. The van der Waals surface area contributed by atoms with Gasteiger partial charge in [-0.1, -0.05) is 0 Å². The summed E-state index contributed by atoms with van der Waals surface area (Å²) in [6, 6.07) is 0.301. The fourth-order valence-electron chi connectivity index (χ4n) is 2.66. The molecule has 2 amide bonds. The first-order valence-electron chi connectivity index (χ1n) is 8.56. The van der Waals surface area contributed by atoms with Gasteiger partial charge in [-0.15, -0.1) is 24.0 Å². The van der Waals surface area contributed by atoms with Crippen LogP contribution in [0.2, 0.25) is 0 Å². The first kappa shape index (κ1) is 23.9. The van der Waals surface area contributed by atoms with E-state index in [4.69, 9.17) is 5.73 Å². The molecule has 0 atom stereocenters. The van der Waals surface area contributed by atoms with Crippen LogP contribution in [0.1, 0.15) is 33.6 Å². The molecule has 1 saturated heterocycles. The molecule has 0 unspecified atom stereocenters. The highest BCUT2D eigenvalue weighted by Gasteiger charge is 2.27. The van der Waals surface area contributed by atoms with Crippen molar-refractivity contribution >= 4 is 41.8 Å². The molecule has 0 saturated carbocycles. The zero-order valence-electron chi connectivity index (χ0n) is 15.7. The van der Waals surface area contributed by atoms with E-state index in [1.807, 2.05) is 20.8 Å². The number of guanidine groups is 1. The highest BCUT2D eigenvalue weighted by Crippen LogP contribution is 2.15. The van der Waals surface area contributed by atoms with Crippen LogP contribution in [0.15, 0.2) is 4.99 Å². The highest BCUT2D eigenvalue weighted by atomic mass is 127. The van der Waals surface area contributed by atoms with Gasteiger partial charge >= 0.3 is 0 Å². The summed E-state index contributed by atoms with van der Waals surface area (Å²) in [5, 5.41) is 9.32. The summed E-state index contributed by atoms with van der Waals surface area (Å²) in [6.45, 7) is 8.92. The minimum Gasteiger partial charge on any atom is -0.369 e. The molecule has 1 aliphatic heterocycles. The molecule has 1 fully saturated rings. The van der Waals surface area contributed by atoms with Gasteiger partial charge in [-0.25, -0.2) is 0 Å². The molecule has 1 heterocycles. The number of halogens is 1. The van der Waals surface area contributed by atoms with Crippen molar-refractivity contribution in [3.8, 4) is 0 Å². The molecular formula is C16H33IN6O2. The summed E-state index contributed by atoms with van der Waals surface area (Å²) in [6.07, 6.45) is 1.85. The van der Waals surface area contributed by atoms with Crippen molar-refractivity contribution in [1.82, 2.24) is 20.9 Å². The Balaban J connectivity index is 0.00000576. The van der Waals surface area contributed by atoms with Gasteiger partial charge in [0.15, 0.2) is 5.96 Å². The Morgan fingerprint density at radius 2 is 1.88 bits per heavy atom. The molecule has 0 aromatic heterocycles. The molecule has 9 heteroatoms. The molecule has 1 rings (SSSR count). The van der Waals surface area contributed by atoms with Gasteiger partial charge in [0.1, 0.15) is 0 Å². The summed E-state index contributed by atoms with van der Waals surface area (Å²) in [4.78, 5) is 29.5. The second-order valence-corrected chi connectivity index (χ2v) is 6.82. The van der Waals surface area contributed by atoms with Gasteiger partial charge in [0.2, 0.25) is 11.8 Å². The van der Waals surface area contributed by atoms with Crippen LogP contribution in [0.5, 0.6) is 0 Å². The Bertz CT molecular complexity index is 462. The van der Waals surface area contributed by atoms with Crippen LogP contribution in [-0.2, 0) is 9.59 Å². The van der Waals surface area contributed by atoms with Gasteiger partial charge in [0.25, 0.3) is 0 Å². The van der Waals surface area contributed by atoms with Crippen molar-refractivity contribution in [3.63, 3.8) is 0 Å². The van der Waals surface area contributed by atoms with Crippen LogP contribution in [-0.4, -0.2) is 68.5 Å². The second-order valence-electron chi connectivity index (χ2n) is 6.82. The number of rotatable bonds is 7. The average molecular weight is 468 g/mol. The molecule has 8 nitrogen and oxygen atoms in total. The quantitative estimate of drug-likeness (QED) is 0.237. The topological polar surface area (TPSA) is 112 Å². The fraction of sp³-hybridized carbons (Fsp3) is 0.812. The number of carbonyl (C=O) groups is 2. The number of carbonyl (C=O) groups excluding carboxylic acids is 2. The third-order valence-electron chi connectivity index (χ3n) is 4.13. The number of aliphatic imine (C=N–C) groups is 1. The van der Waals surface area contributed by atoms with Crippen LogP contribution < -0.4 is 21.7 Å². The molecule has 0 bridgehead atoms. The number of hydrogen-bond acceptors (Lipinski definition) is 4. The van der Waals surface area contributed by atoms with Crippen LogP contribution in [0.25, 0.3) is 0 Å². The van der Waals surface area contributed by atoms with E-state index in [2.05, 4.69) is 25.8 Å². The molecule has 0 radical (unpaired) electrons. The Morgan fingerprint density at radius 3 is 2.36 bits per heavy atom. The lowest BCUT2D eigenvalue weighted by Crippen LogP contribution is -2.50. The fourth-order valence-corrected chi connectivity index (χ4v) is 2.66. The molecule has 5 N–H and O–H groups in total. The predicted molar refractivity (Wildman–Crippen MR) is 111 cm³/mol. The van der Waals surface area contributed by atoms with E-state index in [1.54, 1.807) is 7.05 Å². The standard InChI is InChI=1S/C16H32N6O2.HI/c1-5-19-15(20-11-16(2,3)14(24)18-4)21-12-6-8-22(9-7-12)10-13(17)23;/h12H,5-11H2,1-4H3,(H2,17,23)(H,18,24)(H2,19,20,21);1H. The van der Waals surface area contributed by atoms with Crippen LogP contribution >= 0.6 is 24.0 Å². The average Bonchev–Trinajstić information content (AvgIpc) is 2.53. The largest absolute Gasteiger partial charge is 0.369 e. The summed E-state index contributed by atoms with van der Waals surface area (Å²) in [5.74, 6) is 0.414. The maximum atomic E-state index is 11.9. The number of nitrogens with one attached hydrogen (secondary N) is 3. The van der Waals surface area contributed by atoms with E-state index in [9.17, 15) is 9.59 Å². The van der Waals surface area contributed by atoms with Gasteiger partial charge in [-0.3, -0.25) is 19.5 Å². The van der Waals surface area contributed by atoms with Crippen molar-refractivity contribution in [1.29, 1.82) is 0 Å². The van der Waals surface area contributed by atoms with Crippen molar-refractivity contribution in [3.05, 3.63) is 0 Å². The normalized spacial score (nSPS) is 16.7. The van der Waals surface area contributed by atoms with E-state index in [0.29, 0.717) is 19.1 Å². The zero-order chi connectivity index (χ0) is 18.2. The van der Waals surface area contributed by atoms with E-state index in [0.717, 1.165) is 38.4 Å². The van der Waals surface area contributed by atoms with E-state index in [1.165, 1.54) is 0 Å². The SMILES string of the molecule is CCNC(=NCC(C)(C)C(=O)NC)NC1CCN(CC(N)=O)CC1.I. The number of nitrogens with zero attached hydrogens (tertiary/aromatic N) is 2. The summed E-state index contributed by atoms with van der Waals surface area (Å²) >= 11 is 0. The number of hydrogen-bond donors (Lipinski definition) is 4. The monoisotopic (exact) mass is 468 g/mol. The first-order valence-corrected chi connectivity index (χ1v) is 8.56. The van der Waals surface area contributed by atoms with Crippen LogP contribution in [0.4, 0.5) is 0 Å². The number of piperidine rings is 1. The Morgan fingerprint density at radius 1 is 1.28 bits per heavy atom. The maximum Gasteiger partial charge on any atom is 0.231 e. The molecule has 0 aliphatic carbocycles. The van der Waals surface area contributed by atoms with E-state index < -0.39 is 5.41 Å². The number of likely N-dealkylation sites (tertiary alicyclic amines) is 1. The van der Waals surface area contributed by atoms with Crippen LogP contribution in [0, 0.1) is 5.41 Å². The lowest BCUT2D eigenvalue weighted by Gasteiger charge is -2.32. The molecular weight excluding hydrogens is 435 g/mol. The van der Waals surface area contributed by atoms with E-state index in [-0.39, 0.29) is 35.8 Å². The Labute approximate surface area is 167 Å². The molecule has 1 aliphatic rings. The minimum absolute atomic E-state index is 0. The lowest BCUT2D eigenvalue weighted by molar-refractivity contribution is -0.128. The van der Waals surface area contributed by atoms with Crippen LogP contribution in [0.3, 0.4) is 0 Å². The second kappa shape index (κ2) is 11.5. The van der Waals surface area contributed by atoms with Crippen molar-refractivity contribution in [2.45, 2.75) is 39.7 Å². The van der Waals surface area contributed by atoms with Gasteiger partial charge in [0, 0.05) is 32.7 Å². The van der Waals surface area contributed by atoms with Gasteiger partial charge in [-0.2, -0.15) is 0 Å². The molecule has 0 aromatic rings. The third kappa shape index (κ3) is 8.70. The summed E-state index contributed by atoms with van der Waals surface area (Å²) in [7, 11) is 1.64. The van der Waals surface area contributed by atoms with E-state index >= 15 is 0 Å². The van der Waals surface area contributed by atoms with Gasteiger partial charge < -0.3 is 21.7 Å². The summed E-state index contributed by atoms with van der Waals surface area (Å²) < 4.78 is 0. The lowest BCUT2D eigenvalue weighted by atomic mass is 9.93. The minimum atomic E-state index is -0.554. The van der Waals surface area contributed by atoms with Crippen molar-refractivity contribution in [2.75, 3.05) is 39.8 Å².